The fraction of sp³-hybridized carbons (Fsp3) is 0. The molecule has 0 fully saturated rings. The van der Waals surface area contributed by atoms with Gasteiger partial charge in [-0.25, -0.2) is 0 Å². The van der Waals surface area contributed by atoms with Gasteiger partial charge in [0.25, 0.3) is 0 Å². The van der Waals surface area contributed by atoms with Crippen LogP contribution in [0.25, 0.3) is 54.9 Å². The molecule has 1 heterocycles. The van der Waals surface area contributed by atoms with Crippen molar-refractivity contribution in [2.24, 2.45) is 0 Å². The fourth-order valence-electron chi connectivity index (χ4n) is 5.38. The normalized spacial score (nSPS) is 11.1. The summed E-state index contributed by atoms with van der Waals surface area (Å²) in [5.74, 6) is 1.64. The number of nitrogens with zero attached hydrogens (tertiary/aromatic N) is 1. The van der Waals surface area contributed by atoms with E-state index in [0.717, 1.165) is 60.9 Å². The summed E-state index contributed by atoms with van der Waals surface area (Å²) in [7, 11) is 0. The van der Waals surface area contributed by atoms with Crippen LogP contribution in [0.15, 0.2) is 152 Å². The summed E-state index contributed by atoms with van der Waals surface area (Å²) in [5, 5.41) is 4.32. The lowest BCUT2D eigenvalue weighted by atomic mass is 9.92. The van der Waals surface area contributed by atoms with Gasteiger partial charge in [-0.3, -0.25) is 4.98 Å². The Morgan fingerprint density at radius 1 is 0.410 bits per heavy atom. The zero-order valence-corrected chi connectivity index (χ0v) is 21.3. The van der Waals surface area contributed by atoms with E-state index in [-0.39, 0.29) is 0 Å². The zero-order valence-electron chi connectivity index (χ0n) is 21.3. The molecule has 0 aliphatic carbocycles. The predicted octanol–water partition coefficient (Wildman–Crippen LogP) is 10.2. The monoisotopic (exact) mass is 499 g/mol. The number of aromatic nitrogens is 1. The summed E-state index contributed by atoms with van der Waals surface area (Å²) in [6.07, 6.45) is 3.79. The summed E-state index contributed by atoms with van der Waals surface area (Å²) >= 11 is 0. The first kappa shape index (κ1) is 22.9. The van der Waals surface area contributed by atoms with E-state index in [1.165, 1.54) is 5.56 Å². The van der Waals surface area contributed by atoms with E-state index < -0.39 is 0 Å². The molecule has 39 heavy (non-hydrogen) atoms. The highest BCUT2D eigenvalue weighted by Gasteiger charge is 2.17. The van der Waals surface area contributed by atoms with Crippen molar-refractivity contribution < 1.29 is 4.74 Å². The second-order valence-corrected chi connectivity index (χ2v) is 9.62. The van der Waals surface area contributed by atoms with E-state index in [1.54, 1.807) is 0 Å². The first-order valence-corrected chi connectivity index (χ1v) is 13.1. The van der Waals surface area contributed by atoms with Gasteiger partial charge in [-0.2, -0.15) is 0 Å². The Morgan fingerprint density at radius 2 is 0.923 bits per heavy atom. The smallest absolute Gasteiger partial charge is 0.143 e. The first-order valence-electron chi connectivity index (χ1n) is 13.1. The van der Waals surface area contributed by atoms with Gasteiger partial charge in [-0.05, 0) is 63.0 Å². The molecule has 7 aromatic rings. The minimum atomic E-state index is 0.797. The van der Waals surface area contributed by atoms with Gasteiger partial charge in [0.2, 0.25) is 0 Å². The molecule has 0 aliphatic heterocycles. The Labute approximate surface area is 227 Å². The first-order chi connectivity index (χ1) is 19.3. The van der Waals surface area contributed by atoms with Gasteiger partial charge < -0.3 is 4.74 Å². The van der Waals surface area contributed by atoms with Gasteiger partial charge in [0.15, 0.2) is 0 Å². The third-order valence-corrected chi connectivity index (χ3v) is 7.18. The summed E-state index contributed by atoms with van der Waals surface area (Å²) < 4.78 is 6.89. The van der Waals surface area contributed by atoms with Gasteiger partial charge in [-0.15, -0.1) is 0 Å². The molecule has 184 valence electrons. The molecule has 0 N–H and O–H groups in total. The van der Waals surface area contributed by atoms with E-state index >= 15 is 0 Å². The quantitative estimate of drug-likeness (QED) is 0.220. The molecule has 0 spiro atoms. The largest absolute Gasteiger partial charge is 0.456 e. The molecular weight excluding hydrogens is 474 g/mol. The van der Waals surface area contributed by atoms with Gasteiger partial charge in [0, 0.05) is 28.6 Å². The Kier molecular flexibility index (Phi) is 5.84. The van der Waals surface area contributed by atoms with E-state index in [9.17, 15) is 0 Å². The SMILES string of the molecule is c1ccc(-c2cc(Oc3c4ccccc4c(-c4ccccc4)c4cnccc34)cc(-c3ccccc3)c2)cc1. The van der Waals surface area contributed by atoms with Crippen LogP contribution >= 0.6 is 0 Å². The van der Waals surface area contributed by atoms with Crippen molar-refractivity contribution >= 4 is 21.5 Å². The maximum atomic E-state index is 6.89. The van der Waals surface area contributed by atoms with Gasteiger partial charge >= 0.3 is 0 Å². The second kappa shape index (κ2) is 9.92. The average molecular weight is 500 g/mol. The minimum Gasteiger partial charge on any atom is -0.456 e. The third kappa shape index (κ3) is 4.32. The highest BCUT2D eigenvalue weighted by atomic mass is 16.5. The summed E-state index contributed by atoms with van der Waals surface area (Å²) in [5.41, 5.74) is 6.86. The average Bonchev–Trinajstić information content (AvgIpc) is 3.02. The number of benzene rings is 6. The third-order valence-electron chi connectivity index (χ3n) is 7.18. The van der Waals surface area contributed by atoms with Crippen molar-refractivity contribution in [3.05, 3.63) is 152 Å². The topological polar surface area (TPSA) is 22.1 Å². The van der Waals surface area contributed by atoms with E-state index in [2.05, 4.69) is 126 Å². The van der Waals surface area contributed by atoms with Gasteiger partial charge in [0.1, 0.15) is 11.5 Å². The van der Waals surface area contributed by atoms with Crippen molar-refractivity contribution in [3.8, 4) is 44.9 Å². The molecule has 0 saturated carbocycles. The van der Waals surface area contributed by atoms with Crippen LogP contribution in [0.5, 0.6) is 11.5 Å². The van der Waals surface area contributed by atoms with E-state index in [0.29, 0.717) is 0 Å². The Bertz CT molecular complexity index is 1800. The molecule has 0 aliphatic rings. The predicted molar refractivity (Wildman–Crippen MR) is 162 cm³/mol. The van der Waals surface area contributed by atoms with E-state index in [1.807, 2.05) is 30.6 Å². The van der Waals surface area contributed by atoms with Crippen LogP contribution in [0.2, 0.25) is 0 Å². The Hall–Kier alpha value is -5.21. The van der Waals surface area contributed by atoms with E-state index in [4.69, 9.17) is 4.74 Å². The fourth-order valence-corrected chi connectivity index (χ4v) is 5.38. The second-order valence-electron chi connectivity index (χ2n) is 9.62. The molecule has 0 saturated heterocycles. The molecular formula is C37H25NO. The number of rotatable bonds is 5. The maximum absolute atomic E-state index is 6.89. The lowest BCUT2D eigenvalue weighted by Gasteiger charge is -2.18. The molecule has 2 heteroatoms. The van der Waals surface area contributed by atoms with Crippen molar-refractivity contribution in [2.45, 2.75) is 0 Å². The molecule has 0 radical (unpaired) electrons. The zero-order chi connectivity index (χ0) is 26.0. The molecule has 1 aromatic heterocycles. The van der Waals surface area contributed by atoms with Crippen molar-refractivity contribution in [2.75, 3.05) is 0 Å². The summed E-state index contributed by atoms with van der Waals surface area (Å²) in [6, 6.07) is 48.5. The van der Waals surface area contributed by atoms with Crippen molar-refractivity contribution in [1.82, 2.24) is 4.98 Å². The molecule has 6 aromatic carbocycles. The Balaban J connectivity index is 1.47. The van der Waals surface area contributed by atoms with Crippen molar-refractivity contribution in [1.29, 1.82) is 0 Å². The number of pyridine rings is 1. The number of fused-ring (bicyclic) bond motifs is 2. The lowest BCUT2D eigenvalue weighted by molar-refractivity contribution is 0.494. The molecule has 0 amide bonds. The molecule has 0 atom stereocenters. The van der Waals surface area contributed by atoms with Gasteiger partial charge in [-0.1, -0.05) is 115 Å². The highest BCUT2D eigenvalue weighted by molar-refractivity contribution is 6.16. The van der Waals surface area contributed by atoms with Crippen LogP contribution in [-0.2, 0) is 0 Å². The van der Waals surface area contributed by atoms with Crippen LogP contribution in [0.4, 0.5) is 0 Å². The number of ether oxygens (including phenoxy) is 1. The maximum Gasteiger partial charge on any atom is 0.143 e. The molecule has 7 rings (SSSR count). The molecule has 2 nitrogen and oxygen atoms in total. The molecule has 0 bridgehead atoms. The van der Waals surface area contributed by atoms with Crippen LogP contribution < -0.4 is 4.74 Å². The minimum absolute atomic E-state index is 0.797. The number of hydrogen-bond acceptors (Lipinski definition) is 2. The van der Waals surface area contributed by atoms with Crippen LogP contribution in [0.3, 0.4) is 0 Å². The Morgan fingerprint density at radius 3 is 1.54 bits per heavy atom. The van der Waals surface area contributed by atoms with Crippen LogP contribution in [0.1, 0.15) is 0 Å². The molecule has 0 unspecified atom stereocenters. The van der Waals surface area contributed by atoms with Crippen LogP contribution in [-0.4, -0.2) is 4.98 Å². The van der Waals surface area contributed by atoms with Gasteiger partial charge in [0.05, 0.1) is 0 Å². The number of hydrogen-bond donors (Lipinski definition) is 0. The highest BCUT2D eigenvalue weighted by Crippen LogP contribution is 2.45. The van der Waals surface area contributed by atoms with Crippen LogP contribution in [0, 0.1) is 0 Å². The van der Waals surface area contributed by atoms with Crippen molar-refractivity contribution in [3.63, 3.8) is 0 Å². The standard InChI is InChI=1S/C37H25NO/c1-4-12-26(13-5-1)29-22-30(27-14-6-2-7-15-27)24-31(23-29)39-37-33-19-11-10-18-32(33)36(28-16-8-3-9-17-28)35-25-38-21-20-34(35)37/h1-25H. The summed E-state index contributed by atoms with van der Waals surface area (Å²) in [4.78, 5) is 4.51. The summed E-state index contributed by atoms with van der Waals surface area (Å²) in [6.45, 7) is 0. The lowest BCUT2D eigenvalue weighted by Crippen LogP contribution is -1.93.